The van der Waals surface area contributed by atoms with Crippen LogP contribution in [0, 0.1) is 0 Å². The Balaban J connectivity index is 2.46. The van der Waals surface area contributed by atoms with E-state index >= 15 is 0 Å². The van der Waals surface area contributed by atoms with Crippen molar-refractivity contribution >= 4 is 5.91 Å². The lowest BCUT2D eigenvalue weighted by molar-refractivity contribution is -0.117. The molecule has 0 saturated carbocycles. The van der Waals surface area contributed by atoms with Gasteiger partial charge in [-0.25, -0.2) is 0 Å². The summed E-state index contributed by atoms with van der Waals surface area (Å²) in [6.45, 7) is 3.04. The maximum atomic E-state index is 10.5. The van der Waals surface area contributed by atoms with Crippen molar-refractivity contribution in [1.29, 1.82) is 0 Å². The van der Waals surface area contributed by atoms with Crippen LogP contribution in [0.3, 0.4) is 0 Å². The topological polar surface area (TPSA) is 55.1 Å². The average Bonchev–Trinajstić information content (AvgIpc) is 2.18. The molecule has 14 heavy (non-hydrogen) atoms. The Labute approximate surface area is 84.3 Å². The Morgan fingerprint density at radius 3 is 2.79 bits per heavy atom. The van der Waals surface area contributed by atoms with Crippen LogP contribution in [0.25, 0.3) is 0 Å². The summed E-state index contributed by atoms with van der Waals surface area (Å²) in [6, 6.07) is 8.29. The second-order valence-electron chi connectivity index (χ2n) is 3.24. The number of nitrogens with two attached hydrogens (primary N) is 1. The molecule has 3 nitrogen and oxygen atoms in total. The minimum absolute atomic E-state index is 0.232. The molecule has 0 heterocycles. The van der Waals surface area contributed by atoms with Gasteiger partial charge in [-0.05, 0) is 17.5 Å². The summed E-state index contributed by atoms with van der Waals surface area (Å²) < 4.78 is 0. The van der Waals surface area contributed by atoms with Crippen LogP contribution in [0.4, 0.5) is 0 Å². The summed E-state index contributed by atoms with van der Waals surface area (Å²) in [5.74, 6) is -0.323. The van der Waals surface area contributed by atoms with Crippen LogP contribution >= 0.6 is 0 Å². The van der Waals surface area contributed by atoms with Gasteiger partial charge in [-0.3, -0.25) is 4.79 Å². The molecule has 3 N–H and O–H groups in total. The van der Waals surface area contributed by atoms with Crippen LogP contribution in [0.5, 0.6) is 0 Å². The number of hydrogen-bond acceptors (Lipinski definition) is 2. The predicted octanol–water partition coefficient (Wildman–Crippen LogP) is 0.824. The lowest BCUT2D eigenvalue weighted by atomic mass is 10.1. The van der Waals surface area contributed by atoms with Gasteiger partial charge >= 0.3 is 0 Å². The van der Waals surface area contributed by atoms with Crippen LogP contribution in [-0.2, 0) is 17.8 Å². The van der Waals surface area contributed by atoms with Crippen molar-refractivity contribution in [2.24, 2.45) is 5.73 Å². The van der Waals surface area contributed by atoms with Crippen molar-refractivity contribution in [3.63, 3.8) is 0 Å². The van der Waals surface area contributed by atoms with Gasteiger partial charge < -0.3 is 11.1 Å². The fraction of sp³-hybridized carbons (Fsp3) is 0.364. The summed E-state index contributed by atoms with van der Waals surface area (Å²) in [7, 11) is 0. The Morgan fingerprint density at radius 2 is 2.14 bits per heavy atom. The predicted molar refractivity (Wildman–Crippen MR) is 56.7 cm³/mol. The van der Waals surface area contributed by atoms with Crippen LogP contribution in [0.2, 0.25) is 0 Å². The van der Waals surface area contributed by atoms with Gasteiger partial charge in [0.25, 0.3) is 0 Å². The largest absolute Gasteiger partial charge is 0.369 e. The molecule has 1 amide bonds. The lowest BCUT2D eigenvalue weighted by Gasteiger charge is -2.04. The van der Waals surface area contributed by atoms with Crippen molar-refractivity contribution in [2.45, 2.75) is 19.9 Å². The van der Waals surface area contributed by atoms with E-state index in [1.807, 2.05) is 12.1 Å². The van der Waals surface area contributed by atoms with Gasteiger partial charge in [0.1, 0.15) is 0 Å². The third-order valence-corrected chi connectivity index (χ3v) is 2.03. The van der Waals surface area contributed by atoms with Crippen LogP contribution in [0.15, 0.2) is 24.3 Å². The minimum atomic E-state index is -0.323. The number of benzene rings is 1. The standard InChI is InChI=1S/C11H16N2O/c1-2-9-4-3-5-10(6-9)7-13-8-11(12)14/h3-6,13H,2,7-8H2,1H3,(H2,12,14). The quantitative estimate of drug-likeness (QED) is 0.725. The third kappa shape index (κ3) is 3.58. The molecule has 1 aromatic rings. The number of rotatable bonds is 5. The first-order chi connectivity index (χ1) is 6.72. The Bertz CT molecular complexity index is 310. The average molecular weight is 192 g/mol. The highest BCUT2D eigenvalue weighted by Gasteiger charge is 1.96. The number of carbonyl (C=O) groups excluding carboxylic acids is 1. The van der Waals surface area contributed by atoms with E-state index in [0.717, 1.165) is 6.42 Å². The SMILES string of the molecule is CCc1cccc(CNCC(N)=O)c1. The molecule has 0 aliphatic carbocycles. The normalized spacial score (nSPS) is 10.1. The van der Waals surface area contributed by atoms with Crippen LogP contribution in [-0.4, -0.2) is 12.5 Å². The van der Waals surface area contributed by atoms with E-state index in [9.17, 15) is 4.79 Å². The zero-order valence-corrected chi connectivity index (χ0v) is 8.42. The molecule has 0 aliphatic rings. The first kappa shape index (κ1) is 10.7. The van der Waals surface area contributed by atoms with E-state index in [1.54, 1.807) is 0 Å². The van der Waals surface area contributed by atoms with E-state index in [4.69, 9.17) is 5.73 Å². The van der Waals surface area contributed by atoms with Crippen molar-refractivity contribution in [2.75, 3.05) is 6.54 Å². The Hall–Kier alpha value is -1.35. The summed E-state index contributed by atoms with van der Waals surface area (Å²) in [4.78, 5) is 10.5. The van der Waals surface area contributed by atoms with Gasteiger partial charge in [0.2, 0.25) is 5.91 Å². The van der Waals surface area contributed by atoms with Gasteiger partial charge in [-0.15, -0.1) is 0 Å². The molecule has 0 aromatic heterocycles. The van der Waals surface area contributed by atoms with Gasteiger partial charge in [0, 0.05) is 6.54 Å². The number of nitrogens with one attached hydrogen (secondary N) is 1. The second-order valence-corrected chi connectivity index (χ2v) is 3.24. The summed E-state index contributed by atoms with van der Waals surface area (Å²) >= 11 is 0. The second kappa shape index (κ2) is 5.40. The lowest BCUT2D eigenvalue weighted by Crippen LogP contribution is -2.28. The molecule has 0 unspecified atom stereocenters. The molecule has 0 fully saturated rings. The highest BCUT2D eigenvalue weighted by molar-refractivity contribution is 5.75. The molecule has 76 valence electrons. The maximum Gasteiger partial charge on any atom is 0.231 e. The zero-order valence-electron chi connectivity index (χ0n) is 8.42. The van der Waals surface area contributed by atoms with Gasteiger partial charge in [-0.1, -0.05) is 31.2 Å². The number of amides is 1. The highest BCUT2D eigenvalue weighted by Crippen LogP contribution is 2.05. The fourth-order valence-corrected chi connectivity index (χ4v) is 1.29. The maximum absolute atomic E-state index is 10.5. The van der Waals surface area contributed by atoms with E-state index < -0.39 is 0 Å². The minimum Gasteiger partial charge on any atom is -0.369 e. The number of carbonyl (C=O) groups is 1. The van der Waals surface area contributed by atoms with E-state index in [0.29, 0.717) is 6.54 Å². The zero-order chi connectivity index (χ0) is 10.4. The van der Waals surface area contributed by atoms with Crippen molar-refractivity contribution in [3.8, 4) is 0 Å². The summed E-state index contributed by atoms with van der Waals surface area (Å²) in [6.07, 6.45) is 1.03. The number of primary amides is 1. The van der Waals surface area contributed by atoms with Gasteiger partial charge in [0.05, 0.1) is 6.54 Å². The molecular weight excluding hydrogens is 176 g/mol. The fourth-order valence-electron chi connectivity index (χ4n) is 1.29. The van der Waals surface area contributed by atoms with Crippen molar-refractivity contribution < 1.29 is 4.79 Å². The van der Waals surface area contributed by atoms with Crippen LogP contribution in [0.1, 0.15) is 18.1 Å². The first-order valence-electron chi connectivity index (χ1n) is 4.79. The van der Waals surface area contributed by atoms with E-state index in [2.05, 4.69) is 24.4 Å². The van der Waals surface area contributed by atoms with Gasteiger partial charge in [0.15, 0.2) is 0 Å². The molecule has 0 spiro atoms. The Kier molecular flexibility index (Phi) is 4.13. The van der Waals surface area contributed by atoms with Gasteiger partial charge in [-0.2, -0.15) is 0 Å². The summed E-state index contributed by atoms with van der Waals surface area (Å²) in [5, 5.41) is 2.98. The molecule has 0 aliphatic heterocycles. The monoisotopic (exact) mass is 192 g/mol. The first-order valence-corrected chi connectivity index (χ1v) is 4.79. The van der Waals surface area contributed by atoms with E-state index in [1.165, 1.54) is 11.1 Å². The van der Waals surface area contributed by atoms with Crippen molar-refractivity contribution in [1.82, 2.24) is 5.32 Å². The van der Waals surface area contributed by atoms with E-state index in [-0.39, 0.29) is 12.5 Å². The molecular formula is C11H16N2O. The molecule has 1 aromatic carbocycles. The molecule has 0 saturated heterocycles. The molecule has 0 bridgehead atoms. The smallest absolute Gasteiger partial charge is 0.231 e. The Morgan fingerprint density at radius 1 is 1.43 bits per heavy atom. The molecule has 0 radical (unpaired) electrons. The van der Waals surface area contributed by atoms with Crippen LogP contribution < -0.4 is 11.1 Å². The van der Waals surface area contributed by atoms with Crippen molar-refractivity contribution in [3.05, 3.63) is 35.4 Å². The molecule has 3 heteroatoms. The molecule has 0 atom stereocenters. The molecule has 1 rings (SSSR count). The summed E-state index contributed by atoms with van der Waals surface area (Å²) in [5.41, 5.74) is 7.51. The third-order valence-electron chi connectivity index (χ3n) is 2.03. The number of hydrogen-bond donors (Lipinski definition) is 2. The highest BCUT2D eigenvalue weighted by atomic mass is 16.1. The number of aryl methyl sites for hydroxylation is 1.